The highest BCUT2D eigenvalue weighted by molar-refractivity contribution is 5.60. The van der Waals surface area contributed by atoms with E-state index in [4.69, 9.17) is 15.3 Å². The van der Waals surface area contributed by atoms with Crippen LogP contribution in [0.2, 0.25) is 0 Å². The Morgan fingerprint density at radius 2 is 1.55 bits per heavy atom. The molecular formula is C14H12F2N2O2. The average molecular weight is 278 g/mol. The van der Waals surface area contributed by atoms with Crippen LogP contribution in [0, 0.1) is 34.3 Å². The Labute approximate surface area is 114 Å². The second-order valence-electron chi connectivity index (χ2n) is 4.66. The molecule has 4 nitrogen and oxygen atoms in total. The van der Waals surface area contributed by atoms with Crippen molar-refractivity contribution in [2.45, 2.75) is 38.2 Å². The van der Waals surface area contributed by atoms with E-state index in [-0.39, 0.29) is 6.10 Å². The Kier molecular flexibility index (Phi) is 4.05. The van der Waals surface area contributed by atoms with Gasteiger partial charge < -0.3 is 9.84 Å². The molecule has 1 N–H and O–H groups in total. The molecule has 104 valence electrons. The fourth-order valence-corrected chi connectivity index (χ4v) is 2.32. The van der Waals surface area contributed by atoms with Crippen LogP contribution in [0.25, 0.3) is 0 Å². The first-order valence-electron chi connectivity index (χ1n) is 6.31. The zero-order valence-corrected chi connectivity index (χ0v) is 10.6. The van der Waals surface area contributed by atoms with E-state index in [0.29, 0.717) is 12.8 Å². The molecule has 0 heterocycles. The highest BCUT2D eigenvalue weighted by Crippen LogP contribution is 2.39. The summed E-state index contributed by atoms with van der Waals surface area (Å²) in [7, 11) is 0. The molecule has 1 aliphatic rings. The first-order valence-corrected chi connectivity index (χ1v) is 6.31. The maximum Gasteiger partial charge on any atom is 0.183 e. The quantitative estimate of drug-likeness (QED) is 0.901. The number of phenolic OH excluding ortho intramolecular Hbond substituents is 1. The second-order valence-corrected chi connectivity index (χ2v) is 4.66. The normalized spacial score (nSPS) is 15.4. The molecule has 1 fully saturated rings. The number of benzene rings is 1. The number of hydrogen-bond acceptors (Lipinski definition) is 4. The minimum atomic E-state index is -1.53. The number of halogens is 2. The Bertz CT molecular complexity index is 611. The van der Waals surface area contributed by atoms with Crippen molar-refractivity contribution in [3.05, 3.63) is 22.8 Å². The first-order chi connectivity index (χ1) is 9.60. The van der Waals surface area contributed by atoms with Gasteiger partial charge in [0, 0.05) is 0 Å². The third kappa shape index (κ3) is 2.37. The van der Waals surface area contributed by atoms with Crippen LogP contribution < -0.4 is 4.74 Å². The van der Waals surface area contributed by atoms with Gasteiger partial charge in [0.1, 0.15) is 23.3 Å². The van der Waals surface area contributed by atoms with E-state index in [1.54, 1.807) is 0 Å². The lowest BCUT2D eigenvalue weighted by atomic mass is 9.97. The Morgan fingerprint density at radius 3 is 2.10 bits per heavy atom. The molecule has 1 aromatic carbocycles. The maximum absolute atomic E-state index is 13.7. The molecule has 2 rings (SSSR count). The molecule has 1 saturated carbocycles. The number of nitriles is 2. The summed E-state index contributed by atoms with van der Waals surface area (Å²) in [6.07, 6.45) is 4.09. The average Bonchev–Trinajstić information content (AvgIpc) is 2.47. The van der Waals surface area contributed by atoms with Crippen molar-refractivity contribution in [1.82, 2.24) is 0 Å². The third-order valence-corrected chi connectivity index (χ3v) is 3.37. The SMILES string of the molecule is N#Cc1c(O)c(OC2CCCCC2)c(C#N)c(F)c1F. The fraction of sp³-hybridized carbons (Fsp3) is 0.429. The van der Waals surface area contributed by atoms with Gasteiger partial charge in [-0.15, -0.1) is 0 Å². The van der Waals surface area contributed by atoms with Gasteiger partial charge in [0.05, 0.1) is 6.10 Å². The minimum Gasteiger partial charge on any atom is -0.503 e. The summed E-state index contributed by atoms with van der Waals surface area (Å²) in [4.78, 5) is 0. The smallest absolute Gasteiger partial charge is 0.183 e. The van der Waals surface area contributed by atoms with E-state index in [2.05, 4.69) is 0 Å². The Hall–Kier alpha value is -2.34. The van der Waals surface area contributed by atoms with Crippen LogP contribution >= 0.6 is 0 Å². The second kappa shape index (κ2) is 5.75. The first kappa shape index (κ1) is 14.1. The predicted octanol–water partition coefficient (Wildman–Crippen LogP) is 3.13. The molecule has 20 heavy (non-hydrogen) atoms. The number of phenols is 1. The van der Waals surface area contributed by atoms with Gasteiger partial charge in [0.15, 0.2) is 23.1 Å². The van der Waals surface area contributed by atoms with Crippen molar-refractivity contribution >= 4 is 0 Å². The topological polar surface area (TPSA) is 77.0 Å². The van der Waals surface area contributed by atoms with E-state index in [9.17, 15) is 13.9 Å². The predicted molar refractivity (Wildman–Crippen MR) is 65.0 cm³/mol. The molecule has 0 bridgehead atoms. The fourth-order valence-electron chi connectivity index (χ4n) is 2.32. The number of rotatable bonds is 2. The van der Waals surface area contributed by atoms with Crippen LogP contribution in [0.15, 0.2) is 0 Å². The van der Waals surface area contributed by atoms with Gasteiger partial charge in [0.2, 0.25) is 0 Å². The molecule has 1 aromatic rings. The highest BCUT2D eigenvalue weighted by Gasteiger charge is 2.28. The van der Waals surface area contributed by atoms with E-state index in [1.807, 2.05) is 0 Å². The van der Waals surface area contributed by atoms with Gasteiger partial charge in [-0.2, -0.15) is 10.5 Å². The lowest BCUT2D eigenvalue weighted by Gasteiger charge is -2.24. The van der Waals surface area contributed by atoms with Crippen molar-refractivity contribution in [2.75, 3.05) is 0 Å². The van der Waals surface area contributed by atoms with Gasteiger partial charge in [-0.1, -0.05) is 6.42 Å². The van der Waals surface area contributed by atoms with Crippen LogP contribution in [0.4, 0.5) is 8.78 Å². The zero-order valence-electron chi connectivity index (χ0n) is 10.6. The number of hydrogen-bond donors (Lipinski definition) is 1. The van der Waals surface area contributed by atoms with Crippen LogP contribution in [0.3, 0.4) is 0 Å². The molecular weight excluding hydrogens is 266 g/mol. The van der Waals surface area contributed by atoms with Gasteiger partial charge in [-0.05, 0) is 25.7 Å². The lowest BCUT2D eigenvalue weighted by molar-refractivity contribution is 0.148. The van der Waals surface area contributed by atoms with Crippen molar-refractivity contribution in [2.24, 2.45) is 0 Å². The largest absolute Gasteiger partial charge is 0.503 e. The zero-order chi connectivity index (χ0) is 14.7. The summed E-state index contributed by atoms with van der Waals surface area (Å²) >= 11 is 0. The van der Waals surface area contributed by atoms with Crippen molar-refractivity contribution in [3.8, 4) is 23.6 Å². The highest BCUT2D eigenvalue weighted by atomic mass is 19.2. The number of nitrogens with zero attached hydrogens (tertiary/aromatic N) is 2. The van der Waals surface area contributed by atoms with Crippen molar-refractivity contribution in [1.29, 1.82) is 10.5 Å². The van der Waals surface area contributed by atoms with Gasteiger partial charge in [-0.3, -0.25) is 0 Å². The van der Waals surface area contributed by atoms with E-state index in [0.717, 1.165) is 19.3 Å². The lowest BCUT2D eigenvalue weighted by Crippen LogP contribution is -2.20. The van der Waals surface area contributed by atoms with Crippen LogP contribution in [-0.4, -0.2) is 11.2 Å². The molecule has 0 aromatic heterocycles. The molecule has 0 saturated heterocycles. The molecule has 0 radical (unpaired) electrons. The van der Waals surface area contributed by atoms with Crippen LogP contribution in [-0.2, 0) is 0 Å². The number of aromatic hydroxyl groups is 1. The standard InChI is InChI=1S/C14H12F2N2O2/c15-11-9(6-17)13(19)14(10(7-18)12(11)16)20-8-4-2-1-3-5-8/h8,19H,1-5H2. The summed E-state index contributed by atoms with van der Waals surface area (Å²) in [5.74, 6) is -4.24. The van der Waals surface area contributed by atoms with Gasteiger partial charge in [0.25, 0.3) is 0 Å². The van der Waals surface area contributed by atoms with E-state index in [1.165, 1.54) is 12.1 Å². The van der Waals surface area contributed by atoms with Crippen LogP contribution in [0.1, 0.15) is 43.2 Å². The summed E-state index contributed by atoms with van der Waals surface area (Å²) in [6.45, 7) is 0. The third-order valence-electron chi connectivity index (χ3n) is 3.37. The Morgan fingerprint density at radius 1 is 1.00 bits per heavy atom. The molecule has 0 aliphatic heterocycles. The molecule has 0 spiro atoms. The molecule has 0 atom stereocenters. The van der Waals surface area contributed by atoms with Gasteiger partial charge in [-0.25, -0.2) is 8.78 Å². The van der Waals surface area contributed by atoms with Crippen molar-refractivity contribution < 1.29 is 18.6 Å². The molecule has 0 amide bonds. The van der Waals surface area contributed by atoms with Crippen molar-refractivity contribution in [3.63, 3.8) is 0 Å². The van der Waals surface area contributed by atoms with E-state index >= 15 is 0 Å². The summed E-state index contributed by atoms with van der Waals surface area (Å²) in [5.41, 5.74) is -1.54. The van der Waals surface area contributed by atoms with E-state index < -0.39 is 34.3 Å². The number of ether oxygens (including phenoxy) is 1. The minimum absolute atomic E-state index is 0.266. The summed E-state index contributed by atoms with van der Waals surface area (Å²) in [6, 6.07) is 2.86. The summed E-state index contributed by atoms with van der Waals surface area (Å²) in [5, 5.41) is 27.5. The molecule has 0 unspecified atom stereocenters. The molecule has 1 aliphatic carbocycles. The van der Waals surface area contributed by atoms with Crippen LogP contribution in [0.5, 0.6) is 11.5 Å². The summed E-state index contributed by atoms with van der Waals surface area (Å²) < 4.78 is 32.7. The maximum atomic E-state index is 13.7. The monoisotopic (exact) mass is 278 g/mol. The Balaban J connectivity index is 2.48. The van der Waals surface area contributed by atoms with Gasteiger partial charge >= 0.3 is 0 Å². The molecule has 6 heteroatoms.